The molecule has 1 aliphatic carbocycles. The van der Waals surface area contributed by atoms with Gasteiger partial charge in [-0.05, 0) is 59.0 Å². The molecule has 1 aliphatic rings. The van der Waals surface area contributed by atoms with Crippen molar-refractivity contribution in [2.45, 2.75) is 12.2 Å². The SMILES string of the molecule is CCOc1ccc(/C=N\NC(=O)CSC2c3ccccc3-c3ccccc32)cc1. The fraction of sp³-hybridized carbons (Fsp3) is 0.167. The number of rotatable bonds is 7. The van der Waals surface area contributed by atoms with Gasteiger partial charge in [-0.2, -0.15) is 5.10 Å². The molecule has 0 spiro atoms. The van der Waals surface area contributed by atoms with E-state index < -0.39 is 0 Å². The Morgan fingerprint density at radius 3 is 2.24 bits per heavy atom. The zero-order chi connectivity index (χ0) is 20.1. The molecule has 4 nitrogen and oxygen atoms in total. The molecule has 5 heteroatoms. The number of nitrogens with zero attached hydrogens (tertiary/aromatic N) is 1. The fourth-order valence-electron chi connectivity index (χ4n) is 3.48. The third-order valence-corrected chi connectivity index (χ3v) is 6.02. The number of hydrogen-bond acceptors (Lipinski definition) is 4. The van der Waals surface area contributed by atoms with E-state index in [1.807, 2.05) is 31.2 Å². The first-order chi connectivity index (χ1) is 14.3. The highest BCUT2D eigenvalue weighted by Crippen LogP contribution is 2.49. The van der Waals surface area contributed by atoms with E-state index >= 15 is 0 Å². The van der Waals surface area contributed by atoms with Crippen molar-refractivity contribution in [1.82, 2.24) is 5.43 Å². The van der Waals surface area contributed by atoms with Gasteiger partial charge < -0.3 is 4.74 Å². The summed E-state index contributed by atoms with van der Waals surface area (Å²) in [5.41, 5.74) is 8.58. The number of hydrogen-bond donors (Lipinski definition) is 1. The van der Waals surface area contributed by atoms with Crippen LogP contribution in [0.15, 0.2) is 77.9 Å². The van der Waals surface area contributed by atoms with Crippen LogP contribution in [0, 0.1) is 0 Å². The van der Waals surface area contributed by atoms with E-state index in [0.29, 0.717) is 12.4 Å². The van der Waals surface area contributed by atoms with Crippen LogP contribution in [0.25, 0.3) is 11.1 Å². The van der Waals surface area contributed by atoms with Crippen LogP contribution in [-0.4, -0.2) is 24.5 Å². The van der Waals surface area contributed by atoms with Gasteiger partial charge in [0.15, 0.2) is 0 Å². The monoisotopic (exact) mass is 402 g/mol. The lowest BCUT2D eigenvalue weighted by atomic mass is 10.1. The van der Waals surface area contributed by atoms with Crippen LogP contribution in [-0.2, 0) is 4.79 Å². The predicted molar refractivity (Wildman–Crippen MR) is 120 cm³/mol. The Bertz CT molecular complexity index is 986. The number of nitrogens with one attached hydrogen (secondary N) is 1. The highest BCUT2D eigenvalue weighted by Gasteiger charge is 2.28. The number of ether oxygens (including phenoxy) is 1. The minimum atomic E-state index is -0.112. The van der Waals surface area contributed by atoms with Crippen molar-refractivity contribution >= 4 is 23.9 Å². The number of hydrazone groups is 1. The highest BCUT2D eigenvalue weighted by molar-refractivity contribution is 8.00. The van der Waals surface area contributed by atoms with Gasteiger partial charge >= 0.3 is 0 Å². The van der Waals surface area contributed by atoms with Crippen LogP contribution >= 0.6 is 11.8 Å². The van der Waals surface area contributed by atoms with E-state index in [-0.39, 0.29) is 11.2 Å². The van der Waals surface area contributed by atoms with Crippen LogP contribution in [0.5, 0.6) is 5.75 Å². The van der Waals surface area contributed by atoms with Crippen molar-refractivity contribution < 1.29 is 9.53 Å². The zero-order valence-corrected chi connectivity index (χ0v) is 17.0. The van der Waals surface area contributed by atoms with Crippen LogP contribution in [0.4, 0.5) is 0 Å². The van der Waals surface area contributed by atoms with Gasteiger partial charge in [0.2, 0.25) is 5.91 Å². The van der Waals surface area contributed by atoms with Crippen molar-refractivity contribution in [3.8, 4) is 16.9 Å². The number of carbonyl (C=O) groups is 1. The number of thioether (sulfide) groups is 1. The van der Waals surface area contributed by atoms with Gasteiger partial charge in [0.25, 0.3) is 0 Å². The second kappa shape index (κ2) is 8.97. The summed E-state index contributed by atoms with van der Waals surface area (Å²) < 4.78 is 5.42. The highest BCUT2D eigenvalue weighted by atomic mass is 32.2. The van der Waals surface area contributed by atoms with Crippen LogP contribution in [0.2, 0.25) is 0 Å². The van der Waals surface area contributed by atoms with Gasteiger partial charge in [0.1, 0.15) is 5.75 Å². The Morgan fingerprint density at radius 2 is 1.62 bits per heavy atom. The second-order valence-electron chi connectivity index (χ2n) is 6.66. The van der Waals surface area contributed by atoms with E-state index in [0.717, 1.165) is 11.3 Å². The molecule has 0 heterocycles. The molecule has 146 valence electrons. The first-order valence-electron chi connectivity index (χ1n) is 9.61. The van der Waals surface area contributed by atoms with Gasteiger partial charge in [-0.1, -0.05) is 48.5 Å². The molecule has 0 saturated carbocycles. The fourth-order valence-corrected chi connectivity index (χ4v) is 4.63. The van der Waals surface area contributed by atoms with E-state index in [9.17, 15) is 4.79 Å². The van der Waals surface area contributed by atoms with E-state index in [1.165, 1.54) is 22.3 Å². The summed E-state index contributed by atoms with van der Waals surface area (Å²) in [6, 6.07) is 24.4. The first-order valence-corrected chi connectivity index (χ1v) is 10.7. The van der Waals surface area contributed by atoms with Gasteiger partial charge in [-0.3, -0.25) is 4.79 Å². The Kier molecular flexibility index (Phi) is 5.96. The summed E-state index contributed by atoms with van der Waals surface area (Å²) in [7, 11) is 0. The number of amides is 1. The standard InChI is InChI=1S/C24H22N2O2S/c1-2-28-18-13-11-17(12-14-18)15-25-26-23(27)16-29-24-21-9-5-3-7-19(21)20-8-4-6-10-22(20)24/h3-15,24H,2,16H2,1H3,(H,26,27)/b25-15-. The van der Waals surface area contributed by atoms with Crippen molar-refractivity contribution in [3.05, 3.63) is 89.5 Å². The molecule has 0 saturated heterocycles. The van der Waals surface area contributed by atoms with Crippen LogP contribution < -0.4 is 10.2 Å². The van der Waals surface area contributed by atoms with Crippen molar-refractivity contribution in [2.24, 2.45) is 5.10 Å². The maximum Gasteiger partial charge on any atom is 0.250 e. The molecule has 3 aromatic rings. The van der Waals surface area contributed by atoms with Gasteiger partial charge in [-0.15, -0.1) is 11.8 Å². The molecule has 0 fully saturated rings. The summed E-state index contributed by atoms with van der Waals surface area (Å²) >= 11 is 1.63. The maximum absolute atomic E-state index is 12.3. The Labute approximate surface area is 175 Å². The Morgan fingerprint density at radius 1 is 1.00 bits per heavy atom. The Balaban J connectivity index is 1.35. The molecule has 1 amide bonds. The summed E-state index contributed by atoms with van der Waals surface area (Å²) in [5, 5.41) is 4.24. The molecule has 1 N–H and O–H groups in total. The molecule has 29 heavy (non-hydrogen) atoms. The molecule has 0 unspecified atom stereocenters. The maximum atomic E-state index is 12.3. The largest absolute Gasteiger partial charge is 0.494 e. The first kappa shape index (κ1) is 19.3. The van der Waals surface area contributed by atoms with Crippen molar-refractivity contribution in [3.63, 3.8) is 0 Å². The minimum absolute atomic E-state index is 0.112. The molecule has 0 radical (unpaired) electrons. The lowest BCUT2D eigenvalue weighted by Crippen LogP contribution is -2.20. The molecule has 0 aromatic heterocycles. The summed E-state index contributed by atoms with van der Waals surface area (Å²) in [5.74, 6) is 1.05. The molecule has 0 bridgehead atoms. The van der Waals surface area contributed by atoms with Gasteiger partial charge in [-0.25, -0.2) is 5.43 Å². The van der Waals surface area contributed by atoms with Gasteiger partial charge in [0.05, 0.1) is 23.8 Å². The number of benzene rings is 3. The van der Waals surface area contributed by atoms with E-state index in [1.54, 1.807) is 18.0 Å². The van der Waals surface area contributed by atoms with Crippen LogP contribution in [0.3, 0.4) is 0 Å². The quantitative estimate of drug-likeness (QED) is 0.445. The molecular weight excluding hydrogens is 380 g/mol. The third-order valence-electron chi connectivity index (χ3n) is 4.75. The molecular formula is C24H22N2O2S. The summed E-state index contributed by atoms with van der Waals surface area (Å²) in [6.45, 7) is 2.59. The predicted octanol–water partition coefficient (Wildman–Crippen LogP) is 5.04. The molecule has 0 aliphatic heterocycles. The van der Waals surface area contributed by atoms with Crippen molar-refractivity contribution in [2.75, 3.05) is 12.4 Å². The lowest BCUT2D eigenvalue weighted by Gasteiger charge is -2.12. The van der Waals surface area contributed by atoms with E-state index in [4.69, 9.17) is 4.74 Å². The smallest absolute Gasteiger partial charge is 0.250 e. The normalized spacial score (nSPS) is 12.6. The number of fused-ring (bicyclic) bond motifs is 3. The average molecular weight is 403 g/mol. The third kappa shape index (κ3) is 4.35. The molecule has 0 atom stereocenters. The Hall–Kier alpha value is -3.05. The molecule has 3 aromatic carbocycles. The molecule has 4 rings (SSSR count). The number of carbonyl (C=O) groups excluding carboxylic acids is 1. The van der Waals surface area contributed by atoms with Gasteiger partial charge in [0, 0.05) is 0 Å². The van der Waals surface area contributed by atoms with Crippen LogP contribution in [0.1, 0.15) is 28.9 Å². The van der Waals surface area contributed by atoms with Crippen molar-refractivity contribution in [1.29, 1.82) is 0 Å². The van der Waals surface area contributed by atoms with E-state index in [2.05, 4.69) is 59.1 Å². The summed E-state index contributed by atoms with van der Waals surface area (Å²) in [4.78, 5) is 12.3. The topological polar surface area (TPSA) is 50.7 Å². The minimum Gasteiger partial charge on any atom is -0.494 e. The summed E-state index contributed by atoms with van der Waals surface area (Å²) in [6.07, 6.45) is 1.64. The second-order valence-corrected chi connectivity index (χ2v) is 7.75. The average Bonchev–Trinajstić information content (AvgIpc) is 3.08. The zero-order valence-electron chi connectivity index (χ0n) is 16.2. The lowest BCUT2D eigenvalue weighted by molar-refractivity contribution is -0.118.